The molecule has 12 heteroatoms. The SMILES string of the molecule is COc1cc(C(=O)Nc2ccncc2)ccc1Nc1ncc2c(n1)N(C1CCCC1)CC(F)(F)C(=O)N2C. The van der Waals surface area contributed by atoms with E-state index in [-0.39, 0.29) is 29.4 Å². The third-order valence-corrected chi connectivity index (χ3v) is 6.78. The molecule has 0 saturated heterocycles. The van der Waals surface area contributed by atoms with Crippen LogP contribution in [0, 0.1) is 0 Å². The molecule has 3 heterocycles. The number of nitrogens with one attached hydrogen (secondary N) is 2. The van der Waals surface area contributed by atoms with Crippen LogP contribution in [0.15, 0.2) is 48.9 Å². The highest BCUT2D eigenvalue weighted by Crippen LogP contribution is 2.40. The van der Waals surface area contributed by atoms with E-state index in [9.17, 15) is 18.4 Å². The molecule has 0 unspecified atom stereocenters. The van der Waals surface area contributed by atoms with Gasteiger partial charge in [-0.25, -0.2) is 4.98 Å². The van der Waals surface area contributed by atoms with Gasteiger partial charge in [-0.1, -0.05) is 12.8 Å². The van der Waals surface area contributed by atoms with Crippen LogP contribution in [-0.4, -0.2) is 59.4 Å². The first-order chi connectivity index (χ1) is 18.3. The smallest absolute Gasteiger partial charge is 0.342 e. The number of pyridine rings is 1. The molecular formula is C26H27F2N7O3. The zero-order chi connectivity index (χ0) is 26.9. The molecule has 2 amide bonds. The van der Waals surface area contributed by atoms with Crippen LogP contribution in [0.5, 0.6) is 5.75 Å². The van der Waals surface area contributed by atoms with E-state index in [2.05, 4.69) is 25.6 Å². The highest BCUT2D eigenvalue weighted by molar-refractivity contribution is 6.05. The second-order valence-electron chi connectivity index (χ2n) is 9.27. The molecule has 2 aliphatic rings. The summed E-state index contributed by atoms with van der Waals surface area (Å²) in [7, 11) is 2.77. The Hall–Kier alpha value is -4.35. The van der Waals surface area contributed by atoms with Gasteiger partial charge < -0.3 is 25.2 Å². The first-order valence-electron chi connectivity index (χ1n) is 12.2. The van der Waals surface area contributed by atoms with Crippen molar-refractivity contribution in [2.45, 2.75) is 37.6 Å². The number of methoxy groups -OCH3 is 1. The van der Waals surface area contributed by atoms with Gasteiger partial charge in [0, 0.05) is 36.7 Å². The fraction of sp³-hybridized carbons (Fsp3) is 0.346. The Bertz CT molecular complexity index is 1350. The monoisotopic (exact) mass is 523 g/mol. The normalized spacial score (nSPS) is 17.1. The minimum atomic E-state index is -3.55. The number of rotatable bonds is 6. The van der Waals surface area contributed by atoms with E-state index < -0.39 is 18.4 Å². The standard InChI is InChI=1S/C26H27F2N7O3/c1-34-20-14-30-25(33-22(20)35(18-5-3-4-6-18)15-26(27,28)24(34)37)32-19-8-7-16(13-21(19)38-2)23(36)31-17-9-11-29-12-10-17/h7-14,18H,3-6,15H2,1-2H3,(H,29,31,36)(H,30,32,33). The van der Waals surface area contributed by atoms with Gasteiger partial charge in [0.2, 0.25) is 5.95 Å². The van der Waals surface area contributed by atoms with Crippen LogP contribution in [0.3, 0.4) is 0 Å². The number of carbonyl (C=O) groups excluding carboxylic acids is 2. The molecule has 2 N–H and O–H groups in total. The second kappa shape index (κ2) is 10.2. The summed E-state index contributed by atoms with van der Waals surface area (Å²) >= 11 is 0. The molecule has 0 bridgehead atoms. The molecule has 1 aliphatic heterocycles. The van der Waals surface area contributed by atoms with Gasteiger partial charge in [-0.15, -0.1) is 0 Å². The zero-order valence-electron chi connectivity index (χ0n) is 20.9. The quantitative estimate of drug-likeness (QED) is 0.494. The van der Waals surface area contributed by atoms with Crippen molar-refractivity contribution in [2.24, 2.45) is 0 Å². The molecule has 0 atom stereocenters. The topological polar surface area (TPSA) is 113 Å². The van der Waals surface area contributed by atoms with Gasteiger partial charge in [-0.2, -0.15) is 13.8 Å². The van der Waals surface area contributed by atoms with Crippen LogP contribution >= 0.6 is 0 Å². The van der Waals surface area contributed by atoms with Gasteiger partial charge in [0.15, 0.2) is 5.82 Å². The molecular weight excluding hydrogens is 496 g/mol. The summed E-state index contributed by atoms with van der Waals surface area (Å²) in [5.74, 6) is -4.40. The summed E-state index contributed by atoms with van der Waals surface area (Å²) in [6.07, 6.45) is 7.88. The summed E-state index contributed by atoms with van der Waals surface area (Å²) in [6, 6.07) is 8.04. The molecule has 1 fully saturated rings. The van der Waals surface area contributed by atoms with Crippen molar-refractivity contribution >= 4 is 40.6 Å². The van der Waals surface area contributed by atoms with E-state index in [0.717, 1.165) is 30.6 Å². The van der Waals surface area contributed by atoms with Gasteiger partial charge >= 0.3 is 5.92 Å². The molecule has 1 aliphatic carbocycles. The van der Waals surface area contributed by atoms with E-state index in [4.69, 9.17) is 4.74 Å². The lowest BCUT2D eigenvalue weighted by atomic mass is 10.1. The van der Waals surface area contributed by atoms with Crippen molar-refractivity contribution in [1.82, 2.24) is 15.0 Å². The number of anilines is 5. The zero-order valence-corrected chi connectivity index (χ0v) is 20.9. The Balaban J connectivity index is 1.44. The number of carbonyl (C=O) groups is 2. The number of hydrogen-bond acceptors (Lipinski definition) is 8. The summed E-state index contributed by atoms with van der Waals surface area (Å²) in [4.78, 5) is 40.4. The van der Waals surface area contributed by atoms with Crippen LogP contribution in [-0.2, 0) is 4.79 Å². The number of fused-ring (bicyclic) bond motifs is 1. The minimum absolute atomic E-state index is 0.144. The van der Waals surface area contributed by atoms with Crippen LogP contribution in [0.25, 0.3) is 0 Å². The van der Waals surface area contributed by atoms with E-state index in [1.54, 1.807) is 47.6 Å². The van der Waals surface area contributed by atoms with E-state index in [1.807, 2.05) is 0 Å². The highest BCUT2D eigenvalue weighted by Gasteiger charge is 2.48. The minimum Gasteiger partial charge on any atom is -0.495 e. The molecule has 38 heavy (non-hydrogen) atoms. The third-order valence-electron chi connectivity index (χ3n) is 6.78. The number of aromatic nitrogens is 3. The van der Waals surface area contributed by atoms with Crippen LogP contribution < -0.4 is 25.2 Å². The fourth-order valence-corrected chi connectivity index (χ4v) is 4.80. The number of amides is 2. The van der Waals surface area contributed by atoms with Crippen molar-refractivity contribution in [2.75, 3.05) is 41.1 Å². The van der Waals surface area contributed by atoms with Crippen molar-refractivity contribution in [3.05, 3.63) is 54.5 Å². The number of hydrogen-bond donors (Lipinski definition) is 2. The molecule has 10 nitrogen and oxygen atoms in total. The molecule has 3 aromatic rings. The van der Waals surface area contributed by atoms with E-state index in [1.165, 1.54) is 20.4 Å². The Kier molecular flexibility index (Phi) is 6.79. The molecule has 0 spiro atoms. The average molecular weight is 524 g/mol. The summed E-state index contributed by atoms with van der Waals surface area (Å²) < 4.78 is 35.1. The van der Waals surface area contributed by atoms with Crippen molar-refractivity contribution < 1.29 is 23.1 Å². The first kappa shape index (κ1) is 25.3. The van der Waals surface area contributed by atoms with Gasteiger partial charge in [0.25, 0.3) is 11.8 Å². The number of benzene rings is 1. The fourth-order valence-electron chi connectivity index (χ4n) is 4.80. The van der Waals surface area contributed by atoms with Crippen LogP contribution in [0.4, 0.5) is 37.6 Å². The number of halogens is 2. The molecule has 0 radical (unpaired) electrons. The van der Waals surface area contributed by atoms with Gasteiger partial charge in [-0.3, -0.25) is 14.6 Å². The Labute approximate surface area is 218 Å². The maximum atomic E-state index is 14.8. The number of nitrogens with zero attached hydrogens (tertiary/aromatic N) is 5. The average Bonchev–Trinajstić information content (AvgIpc) is 3.44. The first-order valence-corrected chi connectivity index (χ1v) is 12.2. The summed E-state index contributed by atoms with van der Waals surface area (Å²) in [5, 5.41) is 5.85. The largest absolute Gasteiger partial charge is 0.495 e. The van der Waals surface area contributed by atoms with Gasteiger partial charge in [0.05, 0.1) is 25.5 Å². The van der Waals surface area contributed by atoms with E-state index in [0.29, 0.717) is 22.7 Å². The Morgan fingerprint density at radius 2 is 1.89 bits per heavy atom. The van der Waals surface area contributed by atoms with Crippen LogP contribution in [0.2, 0.25) is 0 Å². The molecule has 1 aromatic carbocycles. The van der Waals surface area contributed by atoms with Crippen molar-refractivity contribution in [3.63, 3.8) is 0 Å². The Morgan fingerprint density at radius 1 is 1.16 bits per heavy atom. The molecule has 2 aromatic heterocycles. The van der Waals surface area contributed by atoms with Gasteiger partial charge in [-0.05, 0) is 43.2 Å². The highest BCUT2D eigenvalue weighted by atomic mass is 19.3. The van der Waals surface area contributed by atoms with Crippen molar-refractivity contribution in [3.8, 4) is 5.75 Å². The van der Waals surface area contributed by atoms with Crippen molar-refractivity contribution in [1.29, 1.82) is 0 Å². The maximum Gasteiger partial charge on any atom is 0.342 e. The molecule has 1 saturated carbocycles. The molecule has 198 valence electrons. The van der Waals surface area contributed by atoms with Crippen LogP contribution in [0.1, 0.15) is 36.0 Å². The second-order valence-corrected chi connectivity index (χ2v) is 9.27. The lowest BCUT2D eigenvalue weighted by Crippen LogP contribution is -2.48. The predicted octanol–water partition coefficient (Wildman–Crippen LogP) is 4.24. The number of ether oxygens (including phenoxy) is 1. The van der Waals surface area contributed by atoms with Gasteiger partial charge in [0.1, 0.15) is 11.4 Å². The maximum absolute atomic E-state index is 14.8. The summed E-state index contributed by atoms with van der Waals surface area (Å²) in [6.45, 7) is -0.741. The lowest BCUT2D eigenvalue weighted by Gasteiger charge is -2.31. The molecule has 5 rings (SSSR count). The predicted molar refractivity (Wildman–Crippen MR) is 138 cm³/mol. The summed E-state index contributed by atoms with van der Waals surface area (Å²) in [5.41, 5.74) is 1.66. The van der Waals surface area contributed by atoms with E-state index >= 15 is 0 Å². The Morgan fingerprint density at radius 3 is 2.61 bits per heavy atom. The third kappa shape index (κ3) is 4.93. The number of alkyl halides is 2. The lowest BCUT2D eigenvalue weighted by molar-refractivity contribution is -0.140.